The van der Waals surface area contributed by atoms with Gasteiger partial charge in [0.15, 0.2) is 5.11 Å². The van der Waals surface area contributed by atoms with Gasteiger partial charge in [0.1, 0.15) is 17.0 Å². The van der Waals surface area contributed by atoms with E-state index in [1.54, 1.807) is 17.8 Å². The topological polar surface area (TPSA) is 109 Å². The second-order valence-corrected chi connectivity index (χ2v) is 11.2. The monoisotopic (exact) mass is 534 g/mol. The SMILES string of the molecule is CCOc1cc(NC(=S)N[C@H]2CCc3sc(NC(=O)[C@H]4C[C@@H]4F)c(C(=O)NCC4CC4)c3C2)n(C)n1. The summed E-state index contributed by atoms with van der Waals surface area (Å²) in [4.78, 5) is 26.8. The summed E-state index contributed by atoms with van der Waals surface area (Å²) in [6.07, 6.45) is 3.61. The van der Waals surface area contributed by atoms with Crippen molar-refractivity contribution in [3.8, 4) is 5.88 Å². The maximum Gasteiger partial charge on any atom is 0.254 e. The molecule has 0 radical (unpaired) electrons. The molecular weight excluding hydrogens is 503 g/mol. The van der Waals surface area contributed by atoms with Gasteiger partial charge >= 0.3 is 0 Å². The second-order valence-electron chi connectivity index (χ2n) is 9.67. The number of aromatic nitrogens is 2. The third-order valence-corrected chi connectivity index (χ3v) is 8.18. The van der Waals surface area contributed by atoms with Crippen LogP contribution >= 0.6 is 23.6 Å². The highest BCUT2D eigenvalue weighted by atomic mass is 32.1. The maximum absolute atomic E-state index is 13.4. The number of alkyl halides is 1. The van der Waals surface area contributed by atoms with Gasteiger partial charge in [0.25, 0.3) is 5.91 Å². The Bertz CT molecular complexity index is 1180. The van der Waals surface area contributed by atoms with E-state index in [2.05, 4.69) is 26.4 Å². The maximum atomic E-state index is 13.4. The van der Waals surface area contributed by atoms with Crippen molar-refractivity contribution in [3.63, 3.8) is 0 Å². The van der Waals surface area contributed by atoms with Crippen LogP contribution in [0.2, 0.25) is 0 Å². The first-order valence-corrected chi connectivity index (χ1v) is 13.7. The van der Waals surface area contributed by atoms with Gasteiger partial charge in [0.2, 0.25) is 11.8 Å². The largest absolute Gasteiger partial charge is 0.477 e. The molecule has 0 bridgehead atoms. The fourth-order valence-corrected chi connectivity index (χ4v) is 5.95. The van der Waals surface area contributed by atoms with Crippen LogP contribution in [-0.2, 0) is 24.7 Å². The first kappa shape index (κ1) is 24.9. The van der Waals surface area contributed by atoms with Crippen LogP contribution in [0.1, 0.15) is 53.4 Å². The van der Waals surface area contributed by atoms with Gasteiger partial charge in [-0.15, -0.1) is 16.4 Å². The molecule has 2 aromatic heterocycles. The minimum Gasteiger partial charge on any atom is -0.477 e. The summed E-state index contributed by atoms with van der Waals surface area (Å²) in [5, 5.41) is 17.7. The number of nitrogens with zero attached hydrogens (tertiary/aromatic N) is 2. The Labute approximate surface area is 218 Å². The Balaban J connectivity index is 1.28. The molecule has 194 valence electrons. The molecule has 3 aliphatic rings. The summed E-state index contributed by atoms with van der Waals surface area (Å²) in [5.41, 5.74) is 1.44. The minimum atomic E-state index is -1.09. The van der Waals surface area contributed by atoms with Crippen molar-refractivity contribution in [1.29, 1.82) is 0 Å². The lowest BCUT2D eigenvalue weighted by Gasteiger charge is -2.25. The van der Waals surface area contributed by atoms with E-state index in [0.29, 0.717) is 52.9 Å². The molecule has 9 nitrogen and oxygen atoms in total. The van der Waals surface area contributed by atoms with Crippen molar-refractivity contribution in [2.24, 2.45) is 18.9 Å². The number of carbonyl (C=O) groups is 2. The smallest absolute Gasteiger partial charge is 0.254 e. The first-order valence-electron chi connectivity index (χ1n) is 12.4. The number of ether oxygens (including phenoxy) is 1. The Hall–Kier alpha value is -2.73. The van der Waals surface area contributed by atoms with E-state index in [1.165, 1.54) is 11.3 Å². The Morgan fingerprint density at radius 1 is 1.31 bits per heavy atom. The van der Waals surface area contributed by atoms with E-state index in [9.17, 15) is 14.0 Å². The van der Waals surface area contributed by atoms with Gasteiger partial charge in [-0.2, -0.15) is 0 Å². The van der Waals surface area contributed by atoms with Crippen molar-refractivity contribution < 1.29 is 18.7 Å². The van der Waals surface area contributed by atoms with Gasteiger partial charge in [-0.3, -0.25) is 9.59 Å². The van der Waals surface area contributed by atoms with E-state index in [1.807, 2.05) is 6.92 Å². The molecule has 0 unspecified atom stereocenters. The zero-order valence-electron chi connectivity index (χ0n) is 20.4. The van der Waals surface area contributed by atoms with Crippen molar-refractivity contribution in [1.82, 2.24) is 20.4 Å². The average molecular weight is 535 g/mol. The van der Waals surface area contributed by atoms with Crippen LogP contribution in [0.15, 0.2) is 6.07 Å². The van der Waals surface area contributed by atoms with Crippen molar-refractivity contribution in [3.05, 3.63) is 22.1 Å². The summed E-state index contributed by atoms with van der Waals surface area (Å²) in [6, 6.07) is 1.80. The van der Waals surface area contributed by atoms with Crippen LogP contribution in [0.4, 0.5) is 15.2 Å². The molecule has 2 heterocycles. The van der Waals surface area contributed by atoms with Crippen LogP contribution < -0.4 is 26.0 Å². The number of hydrogen-bond acceptors (Lipinski definition) is 6. The lowest BCUT2D eigenvalue weighted by Crippen LogP contribution is -2.41. The molecule has 0 spiro atoms. The van der Waals surface area contributed by atoms with Gasteiger partial charge in [0, 0.05) is 30.6 Å². The molecule has 0 aromatic carbocycles. The van der Waals surface area contributed by atoms with E-state index in [0.717, 1.165) is 36.1 Å². The molecule has 5 rings (SSSR count). The molecule has 36 heavy (non-hydrogen) atoms. The van der Waals surface area contributed by atoms with Gasteiger partial charge < -0.3 is 26.0 Å². The highest BCUT2D eigenvalue weighted by molar-refractivity contribution is 7.80. The zero-order valence-corrected chi connectivity index (χ0v) is 22.0. The number of carbonyl (C=O) groups excluding carboxylic acids is 2. The highest BCUT2D eigenvalue weighted by Crippen LogP contribution is 2.41. The number of thiocarbonyl (C=S) groups is 1. The molecule has 3 aliphatic carbocycles. The lowest BCUT2D eigenvalue weighted by atomic mass is 9.91. The first-order chi connectivity index (χ1) is 17.3. The van der Waals surface area contributed by atoms with Gasteiger partial charge in [-0.25, -0.2) is 9.07 Å². The third kappa shape index (κ3) is 5.64. The predicted molar refractivity (Wildman–Crippen MR) is 141 cm³/mol. The molecule has 12 heteroatoms. The quantitative estimate of drug-likeness (QED) is 0.366. The molecule has 2 amide bonds. The van der Waals surface area contributed by atoms with E-state index >= 15 is 0 Å². The van der Waals surface area contributed by atoms with Gasteiger partial charge in [-0.1, -0.05) is 0 Å². The number of thiophene rings is 1. The van der Waals surface area contributed by atoms with E-state index in [4.69, 9.17) is 17.0 Å². The van der Waals surface area contributed by atoms with Gasteiger partial charge in [-0.05, 0) is 69.1 Å². The number of nitrogens with one attached hydrogen (secondary N) is 4. The second kappa shape index (κ2) is 10.3. The standard InChI is InChI=1S/C24H31FN6O3S2/c1-3-34-19-10-18(31(2)30-19)28-24(35)27-13-6-7-17-15(8-13)20(22(33)26-11-12-4-5-12)23(36-17)29-21(32)14-9-16(14)25/h10,12-14,16H,3-9,11H2,1-2H3,(H,26,33)(H,29,32)(H2,27,28,35)/t13-,14-,16-/m0/s1. The molecule has 0 aliphatic heterocycles. The Morgan fingerprint density at radius 3 is 2.78 bits per heavy atom. The number of amides is 2. The molecule has 4 N–H and O–H groups in total. The Kier molecular flexibility index (Phi) is 7.16. The number of anilines is 2. The molecular formula is C24H31FN6O3S2. The van der Waals surface area contributed by atoms with Crippen LogP contribution in [0, 0.1) is 11.8 Å². The lowest BCUT2D eigenvalue weighted by molar-refractivity contribution is -0.117. The van der Waals surface area contributed by atoms with E-state index < -0.39 is 12.1 Å². The summed E-state index contributed by atoms with van der Waals surface area (Å²) < 4.78 is 20.6. The van der Waals surface area contributed by atoms with Crippen molar-refractivity contribution in [2.45, 2.75) is 57.7 Å². The number of rotatable bonds is 9. The molecule has 2 fully saturated rings. The number of hydrogen-bond donors (Lipinski definition) is 4. The third-order valence-electron chi connectivity index (χ3n) is 6.75. The normalized spacial score (nSPS) is 22.4. The number of aryl methyl sites for hydroxylation is 2. The molecule has 0 saturated heterocycles. The van der Waals surface area contributed by atoms with Crippen LogP contribution in [0.25, 0.3) is 0 Å². The fourth-order valence-electron chi connectivity index (χ4n) is 4.44. The number of fused-ring (bicyclic) bond motifs is 1. The highest BCUT2D eigenvalue weighted by Gasteiger charge is 2.44. The summed E-state index contributed by atoms with van der Waals surface area (Å²) in [6.45, 7) is 3.06. The predicted octanol–water partition coefficient (Wildman–Crippen LogP) is 3.16. The zero-order chi connectivity index (χ0) is 25.4. The van der Waals surface area contributed by atoms with Crippen LogP contribution in [0.3, 0.4) is 0 Å². The number of halogens is 1. The fraction of sp³-hybridized carbons (Fsp3) is 0.583. The van der Waals surface area contributed by atoms with E-state index in [-0.39, 0.29) is 24.3 Å². The summed E-state index contributed by atoms with van der Waals surface area (Å²) in [5.74, 6) is 0.627. The summed E-state index contributed by atoms with van der Waals surface area (Å²) in [7, 11) is 1.81. The average Bonchev–Trinajstić information content (AvgIpc) is 3.73. The summed E-state index contributed by atoms with van der Waals surface area (Å²) >= 11 is 6.98. The van der Waals surface area contributed by atoms with Crippen molar-refractivity contribution in [2.75, 3.05) is 23.8 Å². The van der Waals surface area contributed by atoms with Crippen LogP contribution in [-0.4, -0.2) is 52.1 Å². The van der Waals surface area contributed by atoms with Crippen molar-refractivity contribution >= 4 is 51.3 Å². The van der Waals surface area contributed by atoms with Crippen LogP contribution in [0.5, 0.6) is 5.88 Å². The Morgan fingerprint density at radius 2 is 2.08 bits per heavy atom. The van der Waals surface area contributed by atoms with Gasteiger partial charge in [0.05, 0.1) is 18.1 Å². The molecule has 2 saturated carbocycles. The minimum absolute atomic E-state index is 0.0175. The molecule has 2 aromatic rings. The molecule has 3 atom stereocenters.